The minimum absolute atomic E-state index is 0.0313. The number of anilines is 2. The lowest BCUT2D eigenvalue weighted by atomic mass is 10.1. The molecule has 0 heterocycles. The molecular formula is C19H11Cl4FN2O3S. The van der Waals surface area contributed by atoms with E-state index in [1.165, 1.54) is 48.5 Å². The summed E-state index contributed by atoms with van der Waals surface area (Å²) in [6.45, 7) is 0. The molecule has 30 heavy (non-hydrogen) atoms. The lowest BCUT2D eigenvalue weighted by Crippen LogP contribution is -2.18. The number of carbonyl (C=O) groups is 1. The standard InChI is InChI=1S/C19H11Cl4FN2O3S/c20-10-1-6-18(26-30(28,29)12-3-4-14(21)15(22)9-12)13(7-10)19(27)25-11-2-5-17(24)16(23)8-11/h1-9,26H,(H,25,27). The van der Waals surface area contributed by atoms with Crippen LogP contribution in [0.25, 0.3) is 0 Å². The highest BCUT2D eigenvalue weighted by Gasteiger charge is 2.20. The highest BCUT2D eigenvalue weighted by Crippen LogP contribution is 2.28. The summed E-state index contributed by atoms with van der Waals surface area (Å²) in [4.78, 5) is 12.6. The zero-order chi connectivity index (χ0) is 22.1. The molecule has 0 saturated carbocycles. The van der Waals surface area contributed by atoms with Crippen molar-refractivity contribution in [3.8, 4) is 0 Å². The minimum atomic E-state index is -4.09. The van der Waals surface area contributed by atoms with E-state index in [0.29, 0.717) is 0 Å². The molecule has 0 aliphatic carbocycles. The van der Waals surface area contributed by atoms with Gasteiger partial charge in [0.15, 0.2) is 0 Å². The van der Waals surface area contributed by atoms with Crippen LogP contribution < -0.4 is 10.0 Å². The Morgan fingerprint density at radius 3 is 2.23 bits per heavy atom. The smallest absolute Gasteiger partial charge is 0.261 e. The van der Waals surface area contributed by atoms with Crippen molar-refractivity contribution in [1.82, 2.24) is 0 Å². The Hall–Kier alpha value is -2.03. The third-order valence-corrected chi connectivity index (χ3v) is 6.48. The molecule has 1 amide bonds. The molecule has 0 saturated heterocycles. The van der Waals surface area contributed by atoms with Crippen LogP contribution in [0, 0.1) is 5.82 Å². The van der Waals surface area contributed by atoms with E-state index < -0.39 is 21.7 Å². The average Bonchev–Trinajstić information content (AvgIpc) is 2.68. The zero-order valence-corrected chi connectivity index (χ0v) is 18.6. The molecule has 0 aromatic heterocycles. The number of nitrogens with one attached hydrogen (secondary N) is 2. The predicted octanol–water partition coefficient (Wildman–Crippen LogP) is 6.49. The average molecular weight is 508 g/mol. The number of hydrogen-bond acceptors (Lipinski definition) is 3. The monoisotopic (exact) mass is 506 g/mol. The van der Waals surface area contributed by atoms with Gasteiger partial charge in [-0.15, -0.1) is 0 Å². The molecule has 0 aliphatic heterocycles. The summed E-state index contributed by atoms with van der Waals surface area (Å²) < 4.78 is 41.1. The number of benzene rings is 3. The first-order chi connectivity index (χ1) is 14.1. The van der Waals surface area contributed by atoms with E-state index >= 15 is 0 Å². The van der Waals surface area contributed by atoms with E-state index in [1.54, 1.807) is 0 Å². The maximum absolute atomic E-state index is 13.3. The second kappa shape index (κ2) is 8.99. The second-order valence-electron chi connectivity index (χ2n) is 5.95. The van der Waals surface area contributed by atoms with Crippen LogP contribution in [0.2, 0.25) is 20.1 Å². The molecule has 0 spiro atoms. The van der Waals surface area contributed by atoms with Crippen LogP contribution in [0.5, 0.6) is 0 Å². The lowest BCUT2D eigenvalue weighted by molar-refractivity contribution is 0.102. The molecule has 2 N–H and O–H groups in total. The van der Waals surface area contributed by atoms with Crippen LogP contribution >= 0.6 is 46.4 Å². The Morgan fingerprint density at radius 1 is 0.833 bits per heavy atom. The second-order valence-corrected chi connectivity index (χ2v) is 9.29. The fourth-order valence-electron chi connectivity index (χ4n) is 2.41. The van der Waals surface area contributed by atoms with E-state index in [1.807, 2.05) is 0 Å². The van der Waals surface area contributed by atoms with Crippen molar-refractivity contribution in [2.45, 2.75) is 4.90 Å². The SMILES string of the molecule is O=C(Nc1ccc(F)c(Cl)c1)c1cc(Cl)ccc1NS(=O)(=O)c1ccc(Cl)c(Cl)c1. The fourth-order valence-corrected chi connectivity index (χ4v) is 4.23. The van der Waals surface area contributed by atoms with E-state index in [4.69, 9.17) is 46.4 Å². The molecule has 0 atom stereocenters. The van der Waals surface area contributed by atoms with Crippen molar-refractivity contribution >= 4 is 73.7 Å². The van der Waals surface area contributed by atoms with E-state index in [2.05, 4.69) is 10.0 Å². The summed E-state index contributed by atoms with van der Waals surface area (Å²) in [5, 5.41) is 2.79. The summed E-state index contributed by atoms with van der Waals surface area (Å²) in [5.74, 6) is -1.33. The lowest BCUT2D eigenvalue weighted by Gasteiger charge is -2.14. The molecule has 3 aromatic rings. The fraction of sp³-hybridized carbons (Fsp3) is 0. The minimum Gasteiger partial charge on any atom is -0.322 e. The van der Waals surface area contributed by atoms with Crippen LogP contribution in [-0.4, -0.2) is 14.3 Å². The van der Waals surface area contributed by atoms with Crippen molar-refractivity contribution < 1.29 is 17.6 Å². The molecule has 0 bridgehead atoms. The van der Waals surface area contributed by atoms with Crippen LogP contribution in [0.1, 0.15) is 10.4 Å². The summed E-state index contributed by atoms with van der Waals surface area (Å²) in [7, 11) is -4.09. The van der Waals surface area contributed by atoms with Crippen LogP contribution in [0.4, 0.5) is 15.8 Å². The number of carbonyl (C=O) groups excluding carboxylic acids is 1. The topological polar surface area (TPSA) is 75.3 Å². The number of rotatable bonds is 5. The molecule has 11 heteroatoms. The Bertz CT molecular complexity index is 1250. The third kappa shape index (κ3) is 5.17. The molecular weight excluding hydrogens is 497 g/mol. The van der Waals surface area contributed by atoms with Gasteiger partial charge in [0.1, 0.15) is 5.82 Å². The summed E-state index contributed by atoms with van der Waals surface area (Å²) in [6.07, 6.45) is 0. The third-order valence-electron chi connectivity index (χ3n) is 3.85. The van der Waals surface area contributed by atoms with E-state index in [-0.39, 0.29) is 41.9 Å². The highest BCUT2D eigenvalue weighted by molar-refractivity contribution is 7.92. The van der Waals surface area contributed by atoms with Crippen molar-refractivity contribution in [1.29, 1.82) is 0 Å². The Balaban J connectivity index is 1.93. The van der Waals surface area contributed by atoms with Crippen LogP contribution in [0.15, 0.2) is 59.5 Å². The molecule has 156 valence electrons. The van der Waals surface area contributed by atoms with Gasteiger partial charge in [0, 0.05) is 10.7 Å². The molecule has 0 unspecified atom stereocenters. The van der Waals surface area contributed by atoms with Gasteiger partial charge in [-0.05, 0) is 54.6 Å². The number of sulfonamides is 1. The Morgan fingerprint density at radius 2 is 1.57 bits per heavy atom. The first-order valence-corrected chi connectivity index (χ1v) is 11.1. The molecule has 5 nitrogen and oxygen atoms in total. The molecule has 0 radical (unpaired) electrons. The first kappa shape index (κ1) is 22.7. The zero-order valence-electron chi connectivity index (χ0n) is 14.7. The predicted molar refractivity (Wildman–Crippen MR) is 118 cm³/mol. The maximum Gasteiger partial charge on any atom is 0.261 e. The van der Waals surface area contributed by atoms with Gasteiger partial charge >= 0.3 is 0 Å². The van der Waals surface area contributed by atoms with Gasteiger partial charge in [0.2, 0.25) is 0 Å². The molecule has 0 aliphatic rings. The van der Waals surface area contributed by atoms with Gasteiger partial charge in [-0.2, -0.15) is 0 Å². The van der Waals surface area contributed by atoms with Gasteiger partial charge in [0.25, 0.3) is 15.9 Å². The highest BCUT2D eigenvalue weighted by atomic mass is 35.5. The van der Waals surface area contributed by atoms with Gasteiger partial charge in [-0.3, -0.25) is 9.52 Å². The number of hydrogen-bond donors (Lipinski definition) is 2. The Kier molecular flexibility index (Phi) is 6.79. The molecule has 0 fully saturated rings. The summed E-state index contributed by atoms with van der Waals surface area (Å²) in [6, 6.07) is 11.5. The normalized spacial score (nSPS) is 11.2. The van der Waals surface area contributed by atoms with Crippen molar-refractivity contribution in [2.24, 2.45) is 0 Å². The van der Waals surface area contributed by atoms with Gasteiger partial charge in [-0.25, -0.2) is 12.8 Å². The quantitative estimate of drug-likeness (QED) is 0.414. The van der Waals surface area contributed by atoms with Crippen molar-refractivity contribution in [2.75, 3.05) is 10.0 Å². The Labute approximate surface area is 191 Å². The van der Waals surface area contributed by atoms with Gasteiger partial charge < -0.3 is 5.32 Å². The van der Waals surface area contributed by atoms with Crippen molar-refractivity contribution in [3.05, 3.63) is 86.1 Å². The summed E-state index contributed by atoms with van der Waals surface area (Å²) >= 11 is 23.4. The van der Waals surface area contributed by atoms with Crippen molar-refractivity contribution in [3.63, 3.8) is 0 Å². The summed E-state index contributed by atoms with van der Waals surface area (Å²) in [5.41, 5.74) is 0.118. The van der Waals surface area contributed by atoms with Crippen LogP contribution in [0.3, 0.4) is 0 Å². The maximum atomic E-state index is 13.3. The largest absolute Gasteiger partial charge is 0.322 e. The van der Waals surface area contributed by atoms with E-state index in [0.717, 1.165) is 6.07 Å². The van der Waals surface area contributed by atoms with Crippen LogP contribution in [-0.2, 0) is 10.0 Å². The van der Waals surface area contributed by atoms with Gasteiger partial charge in [0.05, 0.1) is 31.2 Å². The van der Waals surface area contributed by atoms with Gasteiger partial charge in [-0.1, -0.05) is 46.4 Å². The molecule has 3 rings (SSSR count). The van der Waals surface area contributed by atoms with E-state index in [9.17, 15) is 17.6 Å². The number of halogens is 5. The molecule has 3 aromatic carbocycles. The number of amides is 1. The first-order valence-electron chi connectivity index (χ1n) is 8.10.